The molecule has 5 rings (SSSR count). The first-order valence-electron chi connectivity index (χ1n) is 10.4. The fraction of sp³-hybridized carbons (Fsp3) is 0.429. The van der Waals surface area contributed by atoms with Gasteiger partial charge in [0, 0.05) is 62.1 Å². The molecule has 156 valence electrons. The summed E-state index contributed by atoms with van der Waals surface area (Å²) in [7, 11) is 0. The van der Waals surface area contributed by atoms with Crippen LogP contribution in [-0.2, 0) is 6.42 Å². The molecule has 3 aromatic rings. The summed E-state index contributed by atoms with van der Waals surface area (Å²) in [5.41, 5.74) is 4.63. The Kier molecular flexibility index (Phi) is 4.54. The summed E-state index contributed by atoms with van der Waals surface area (Å²) in [6.45, 7) is 9.49. The number of hydrogen-bond donors (Lipinski definition) is 2. The molecule has 0 unspecified atom stereocenters. The predicted molar refractivity (Wildman–Crippen MR) is 116 cm³/mol. The maximum Gasteiger partial charge on any atom is 0.327 e. The van der Waals surface area contributed by atoms with E-state index < -0.39 is 0 Å². The smallest absolute Gasteiger partial charge is 0.327 e. The maximum absolute atomic E-state index is 13.1. The second kappa shape index (κ2) is 7.24. The molecule has 1 atom stereocenters. The minimum atomic E-state index is -0.187. The van der Waals surface area contributed by atoms with Gasteiger partial charge in [0.25, 0.3) is 0 Å². The van der Waals surface area contributed by atoms with E-state index in [-0.39, 0.29) is 6.03 Å². The molecule has 2 aliphatic rings. The van der Waals surface area contributed by atoms with E-state index in [1.807, 2.05) is 30.6 Å². The van der Waals surface area contributed by atoms with Gasteiger partial charge in [0.2, 0.25) is 5.78 Å². The summed E-state index contributed by atoms with van der Waals surface area (Å²) in [6, 6.07) is 2.33. The molecule has 2 aliphatic heterocycles. The molecule has 2 N–H and O–H groups in total. The molecule has 30 heavy (non-hydrogen) atoms. The molecule has 0 spiro atoms. The van der Waals surface area contributed by atoms with Gasteiger partial charge >= 0.3 is 6.03 Å². The zero-order valence-corrected chi connectivity index (χ0v) is 17.5. The van der Waals surface area contributed by atoms with E-state index in [0.29, 0.717) is 24.1 Å². The van der Waals surface area contributed by atoms with Gasteiger partial charge in [-0.3, -0.25) is 9.30 Å². The van der Waals surface area contributed by atoms with Gasteiger partial charge in [-0.2, -0.15) is 0 Å². The number of nitrogens with zero attached hydrogens (tertiary/aromatic N) is 6. The number of nitrogens with one attached hydrogen (secondary N) is 2. The molecule has 1 fully saturated rings. The average Bonchev–Trinajstić information content (AvgIpc) is 3.30. The second-order valence-corrected chi connectivity index (χ2v) is 8.09. The van der Waals surface area contributed by atoms with Gasteiger partial charge in [-0.25, -0.2) is 19.7 Å². The van der Waals surface area contributed by atoms with Gasteiger partial charge in [0.1, 0.15) is 5.82 Å². The van der Waals surface area contributed by atoms with Crippen LogP contribution >= 0.6 is 0 Å². The third kappa shape index (κ3) is 3.24. The number of aromatic nitrogens is 4. The SMILES string of the molecule is Cc1cn2cc(NC(=O)N3CCc4c(N5CCN[C@@H](C)C5)ccnc43)c(C)nc2n1. The molecule has 0 aromatic carbocycles. The molecular formula is C21H26N8O. The number of anilines is 3. The zero-order valence-electron chi connectivity index (χ0n) is 17.5. The van der Waals surface area contributed by atoms with Gasteiger partial charge in [0.15, 0.2) is 0 Å². The van der Waals surface area contributed by atoms with E-state index in [1.54, 1.807) is 11.1 Å². The highest BCUT2D eigenvalue weighted by Crippen LogP contribution is 2.34. The molecule has 0 saturated carbocycles. The second-order valence-electron chi connectivity index (χ2n) is 8.09. The summed E-state index contributed by atoms with van der Waals surface area (Å²) < 4.78 is 1.83. The minimum Gasteiger partial charge on any atom is -0.368 e. The van der Waals surface area contributed by atoms with Crippen molar-refractivity contribution in [2.75, 3.05) is 41.3 Å². The minimum absolute atomic E-state index is 0.187. The summed E-state index contributed by atoms with van der Waals surface area (Å²) >= 11 is 0. The van der Waals surface area contributed by atoms with Gasteiger partial charge in [-0.1, -0.05) is 0 Å². The van der Waals surface area contributed by atoms with E-state index in [2.05, 4.69) is 43.5 Å². The van der Waals surface area contributed by atoms with Crippen molar-refractivity contribution in [3.05, 3.63) is 41.6 Å². The predicted octanol–water partition coefficient (Wildman–Crippen LogP) is 2.13. The lowest BCUT2D eigenvalue weighted by Crippen LogP contribution is -2.49. The zero-order chi connectivity index (χ0) is 20.8. The molecule has 9 nitrogen and oxygen atoms in total. The number of rotatable bonds is 2. The van der Waals surface area contributed by atoms with Crippen LogP contribution in [0.25, 0.3) is 5.78 Å². The van der Waals surface area contributed by atoms with Crippen molar-refractivity contribution in [3.63, 3.8) is 0 Å². The number of carbonyl (C=O) groups is 1. The summed E-state index contributed by atoms with van der Waals surface area (Å²) in [5, 5.41) is 6.49. The van der Waals surface area contributed by atoms with Crippen LogP contribution in [-0.4, -0.2) is 57.6 Å². The first-order valence-corrected chi connectivity index (χ1v) is 10.4. The van der Waals surface area contributed by atoms with E-state index in [0.717, 1.165) is 48.8 Å². The van der Waals surface area contributed by atoms with E-state index in [1.165, 1.54) is 5.69 Å². The number of carbonyl (C=O) groups excluding carboxylic acids is 1. The highest BCUT2D eigenvalue weighted by Gasteiger charge is 2.30. The monoisotopic (exact) mass is 406 g/mol. The Morgan fingerprint density at radius 1 is 1.23 bits per heavy atom. The van der Waals surface area contributed by atoms with Crippen molar-refractivity contribution in [2.45, 2.75) is 33.2 Å². The number of imidazole rings is 1. The fourth-order valence-corrected chi connectivity index (χ4v) is 4.35. The van der Waals surface area contributed by atoms with Gasteiger partial charge in [-0.05, 0) is 33.3 Å². The van der Waals surface area contributed by atoms with Gasteiger partial charge in [0.05, 0.1) is 17.1 Å². The normalized spacial score (nSPS) is 18.7. The third-order valence-corrected chi connectivity index (χ3v) is 5.80. The number of pyridine rings is 1. The van der Waals surface area contributed by atoms with Gasteiger partial charge < -0.3 is 15.5 Å². The highest BCUT2D eigenvalue weighted by molar-refractivity contribution is 6.03. The molecule has 5 heterocycles. The van der Waals surface area contributed by atoms with E-state index in [9.17, 15) is 4.79 Å². The van der Waals surface area contributed by atoms with Crippen LogP contribution in [0.2, 0.25) is 0 Å². The van der Waals surface area contributed by atoms with Crippen LogP contribution < -0.4 is 20.4 Å². The van der Waals surface area contributed by atoms with Crippen LogP contribution in [0, 0.1) is 13.8 Å². The fourth-order valence-electron chi connectivity index (χ4n) is 4.35. The molecule has 1 saturated heterocycles. The Hall–Kier alpha value is -3.20. The lowest BCUT2D eigenvalue weighted by Gasteiger charge is -2.34. The van der Waals surface area contributed by atoms with Crippen molar-refractivity contribution in [2.24, 2.45) is 0 Å². The average molecular weight is 406 g/mol. The molecule has 0 bridgehead atoms. The standard InChI is InChI=1S/C21H26N8O/c1-13-10-27(9-7-22-13)18-4-6-23-19-16(18)5-8-29(19)21(30)26-17-12-28-11-14(2)24-20(28)25-15(17)3/h4,6,11-13,22H,5,7-10H2,1-3H3,(H,26,30)/t13-/m0/s1. The Balaban J connectivity index is 1.40. The first-order chi connectivity index (χ1) is 14.5. The third-order valence-electron chi connectivity index (χ3n) is 5.80. The highest BCUT2D eigenvalue weighted by atomic mass is 16.2. The van der Waals surface area contributed by atoms with Crippen molar-refractivity contribution in [1.29, 1.82) is 0 Å². The quantitative estimate of drug-likeness (QED) is 0.678. The number of piperazine rings is 1. The Morgan fingerprint density at radius 2 is 2.10 bits per heavy atom. The molecule has 0 aliphatic carbocycles. The topological polar surface area (TPSA) is 90.7 Å². The van der Waals surface area contributed by atoms with Crippen molar-refractivity contribution >= 4 is 29.0 Å². The molecule has 9 heteroatoms. The van der Waals surface area contributed by atoms with Crippen LogP contribution in [0.15, 0.2) is 24.7 Å². The van der Waals surface area contributed by atoms with Crippen LogP contribution in [0.4, 0.5) is 22.0 Å². The van der Waals surface area contributed by atoms with Crippen LogP contribution in [0.5, 0.6) is 0 Å². The summed E-state index contributed by atoms with van der Waals surface area (Å²) in [4.78, 5) is 30.6. The number of urea groups is 1. The summed E-state index contributed by atoms with van der Waals surface area (Å²) in [6.07, 6.45) is 6.37. The van der Waals surface area contributed by atoms with Crippen LogP contribution in [0.3, 0.4) is 0 Å². The largest absolute Gasteiger partial charge is 0.368 e. The van der Waals surface area contributed by atoms with E-state index >= 15 is 0 Å². The number of amides is 2. The van der Waals surface area contributed by atoms with Gasteiger partial charge in [-0.15, -0.1) is 0 Å². The molecule has 3 aromatic heterocycles. The molecular weight excluding hydrogens is 380 g/mol. The maximum atomic E-state index is 13.1. The lowest BCUT2D eigenvalue weighted by atomic mass is 10.1. The summed E-state index contributed by atoms with van der Waals surface area (Å²) in [5.74, 6) is 1.38. The van der Waals surface area contributed by atoms with Crippen LogP contribution in [0.1, 0.15) is 23.9 Å². The number of hydrogen-bond acceptors (Lipinski definition) is 6. The Morgan fingerprint density at radius 3 is 2.93 bits per heavy atom. The lowest BCUT2D eigenvalue weighted by molar-refractivity contribution is 0.257. The molecule has 0 radical (unpaired) electrons. The Bertz CT molecular complexity index is 1120. The van der Waals surface area contributed by atoms with Crippen molar-refractivity contribution in [3.8, 4) is 0 Å². The van der Waals surface area contributed by atoms with Crippen molar-refractivity contribution < 1.29 is 4.79 Å². The first kappa shape index (κ1) is 18.8. The number of fused-ring (bicyclic) bond motifs is 2. The molecule has 2 amide bonds. The number of aryl methyl sites for hydroxylation is 2. The van der Waals surface area contributed by atoms with Crippen molar-refractivity contribution in [1.82, 2.24) is 24.7 Å². The Labute approximate surface area is 175 Å². The van der Waals surface area contributed by atoms with E-state index in [4.69, 9.17) is 0 Å².